The average molecular weight is 388 g/mol. The number of nitrogens with one attached hydrogen (secondary N) is 1. The van der Waals surface area contributed by atoms with Gasteiger partial charge in [0.2, 0.25) is 0 Å². The van der Waals surface area contributed by atoms with E-state index in [1.807, 2.05) is 13.0 Å². The van der Waals surface area contributed by atoms with E-state index >= 15 is 0 Å². The van der Waals surface area contributed by atoms with Crippen molar-refractivity contribution in [1.82, 2.24) is 9.97 Å². The van der Waals surface area contributed by atoms with Gasteiger partial charge in [-0.25, -0.2) is 9.98 Å². The molecular weight excluding hydrogens is 374 g/mol. The third-order valence-corrected chi connectivity index (χ3v) is 4.67. The van der Waals surface area contributed by atoms with Crippen molar-refractivity contribution >= 4 is 34.7 Å². The van der Waals surface area contributed by atoms with E-state index in [-0.39, 0.29) is 5.91 Å². The molecule has 0 radical (unpaired) electrons. The lowest BCUT2D eigenvalue weighted by atomic mass is 10.0. The summed E-state index contributed by atoms with van der Waals surface area (Å²) in [6.07, 6.45) is 5.24. The highest BCUT2D eigenvalue weighted by molar-refractivity contribution is 6.34. The van der Waals surface area contributed by atoms with Crippen molar-refractivity contribution in [2.24, 2.45) is 4.99 Å². The van der Waals surface area contributed by atoms with Gasteiger partial charge in [-0.2, -0.15) is 5.26 Å². The summed E-state index contributed by atoms with van der Waals surface area (Å²) in [5.41, 5.74) is 4.90. The highest BCUT2D eigenvalue weighted by Gasteiger charge is 2.20. The van der Waals surface area contributed by atoms with Gasteiger partial charge in [0.05, 0.1) is 16.8 Å². The maximum Gasteiger partial charge on any atom is 0.257 e. The van der Waals surface area contributed by atoms with Gasteiger partial charge in [-0.15, -0.1) is 0 Å². The average Bonchev–Trinajstić information content (AvgIpc) is 3.12. The first-order valence-electron chi connectivity index (χ1n) is 8.53. The van der Waals surface area contributed by atoms with Crippen molar-refractivity contribution in [2.75, 3.05) is 5.32 Å². The molecule has 0 spiro atoms. The van der Waals surface area contributed by atoms with Gasteiger partial charge >= 0.3 is 0 Å². The molecule has 0 aliphatic carbocycles. The fourth-order valence-electron chi connectivity index (χ4n) is 3.01. The van der Waals surface area contributed by atoms with E-state index in [0.29, 0.717) is 34.1 Å². The number of anilines is 1. The lowest BCUT2D eigenvalue weighted by Gasteiger charge is -2.09. The molecule has 0 saturated carbocycles. The molecule has 1 amide bonds. The summed E-state index contributed by atoms with van der Waals surface area (Å²) >= 11 is 6.38. The molecule has 28 heavy (non-hydrogen) atoms. The predicted molar refractivity (Wildman–Crippen MR) is 107 cm³/mol. The summed E-state index contributed by atoms with van der Waals surface area (Å²) in [4.78, 5) is 25.3. The van der Waals surface area contributed by atoms with Crippen molar-refractivity contribution in [3.05, 3.63) is 81.8 Å². The fraction of sp³-hybridized carbons (Fsp3) is 0.0952. The van der Waals surface area contributed by atoms with E-state index in [9.17, 15) is 4.79 Å². The third-order valence-electron chi connectivity index (χ3n) is 4.34. The standard InChI is InChI=1S/C21H14ClN5O/c1-12-4-14-6-19(27-20(14)25-9-12)17-7-16(2-3-18(17)22)26-21(28)15-5-13(8-23)10-24-11-15/h2-5,7,9-11H,6H2,1H3,(H,26,28). The minimum Gasteiger partial charge on any atom is -0.322 e. The van der Waals surface area contributed by atoms with Crippen LogP contribution in [-0.2, 0) is 6.42 Å². The van der Waals surface area contributed by atoms with Gasteiger partial charge in [-0.3, -0.25) is 9.78 Å². The van der Waals surface area contributed by atoms with E-state index in [1.165, 1.54) is 18.5 Å². The van der Waals surface area contributed by atoms with Crippen LogP contribution >= 0.6 is 11.6 Å². The number of nitriles is 1. The summed E-state index contributed by atoms with van der Waals surface area (Å²) in [5.74, 6) is 0.345. The normalized spacial score (nSPS) is 12.1. The summed E-state index contributed by atoms with van der Waals surface area (Å²) in [6, 6.07) is 10.8. The Morgan fingerprint density at radius 3 is 2.89 bits per heavy atom. The van der Waals surface area contributed by atoms with Gasteiger partial charge in [0, 0.05) is 46.8 Å². The van der Waals surface area contributed by atoms with Crippen LogP contribution < -0.4 is 5.32 Å². The third kappa shape index (κ3) is 3.48. The highest BCUT2D eigenvalue weighted by atomic mass is 35.5. The first-order chi connectivity index (χ1) is 13.5. The Hall–Kier alpha value is -3.56. The van der Waals surface area contributed by atoms with Crippen LogP contribution in [0.1, 0.15) is 32.6 Å². The van der Waals surface area contributed by atoms with E-state index in [1.54, 1.807) is 24.4 Å². The maximum atomic E-state index is 12.5. The van der Waals surface area contributed by atoms with E-state index in [0.717, 1.165) is 22.4 Å². The molecule has 0 atom stereocenters. The number of rotatable bonds is 3. The Balaban J connectivity index is 1.60. The molecule has 1 N–H and O–H groups in total. The van der Waals surface area contributed by atoms with Crippen LogP contribution in [0.3, 0.4) is 0 Å². The number of nitrogens with zero attached hydrogens (tertiary/aromatic N) is 4. The van der Waals surface area contributed by atoms with Crippen molar-refractivity contribution in [3.63, 3.8) is 0 Å². The van der Waals surface area contributed by atoms with E-state index < -0.39 is 0 Å². The van der Waals surface area contributed by atoms with Gasteiger partial charge in [-0.1, -0.05) is 17.7 Å². The molecule has 0 fully saturated rings. The minimum atomic E-state index is -0.355. The highest BCUT2D eigenvalue weighted by Crippen LogP contribution is 2.31. The van der Waals surface area contributed by atoms with Crippen LogP contribution in [0.15, 0.2) is 53.9 Å². The molecule has 6 nitrogen and oxygen atoms in total. The van der Waals surface area contributed by atoms with Crippen molar-refractivity contribution < 1.29 is 4.79 Å². The molecule has 0 unspecified atom stereocenters. The lowest BCUT2D eigenvalue weighted by molar-refractivity contribution is 0.102. The maximum absolute atomic E-state index is 12.5. The Bertz CT molecular complexity index is 1180. The topological polar surface area (TPSA) is 91.0 Å². The van der Waals surface area contributed by atoms with Crippen molar-refractivity contribution in [1.29, 1.82) is 5.26 Å². The number of amides is 1. The molecule has 2 aromatic heterocycles. The number of carbonyl (C=O) groups excluding carboxylic acids is 1. The van der Waals surface area contributed by atoms with Crippen LogP contribution in [0.2, 0.25) is 5.02 Å². The van der Waals surface area contributed by atoms with Gasteiger partial charge in [-0.05, 0) is 36.8 Å². The number of halogens is 1. The summed E-state index contributed by atoms with van der Waals surface area (Å²) < 4.78 is 0. The SMILES string of the molecule is Cc1cnc2c(c1)CC(c1cc(NC(=O)c3cncc(C#N)c3)ccc1Cl)=N2. The number of benzene rings is 1. The zero-order valence-electron chi connectivity index (χ0n) is 14.9. The van der Waals surface area contributed by atoms with Crippen LogP contribution in [0.5, 0.6) is 0 Å². The number of pyridine rings is 2. The largest absolute Gasteiger partial charge is 0.322 e. The molecule has 3 aromatic rings. The summed E-state index contributed by atoms with van der Waals surface area (Å²) in [7, 11) is 0. The van der Waals surface area contributed by atoms with Crippen molar-refractivity contribution in [2.45, 2.75) is 13.3 Å². The van der Waals surface area contributed by atoms with Crippen LogP contribution in [0.4, 0.5) is 11.5 Å². The molecule has 3 heterocycles. The number of aliphatic imine (C=N–C) groups is 1. The number of carbonyl (C=O) groups is 1. The molecule has 1 aliphatic heterocycles. The second-order valence-corrected chi connectivity index (χ2v) is 6.86. The first kappa shape index (κ1) is 17.8. The number of hydrogen-bond acceptors (Lipinski definition) is 5. The van der Waals surface area contributed by atoms with E-state index in [2.05, 4.69) is 26.3 Å². The molecule has 0 saturated heterocycles. The Morgan fingerprint density at radius 2 is 2.07 bits per heavy atom. The van der Waals surface area contributed by atoms with Crippen LogP contribution in [-0.4, -0.2) is 21.6 Å². The molecular formula is C21H14ClN5O. The summed E-state index contributed by atoms with van der Waals surface area (Å²) in [5, 5.41) is 12.3. The number of aromatic nitrogens is 2. The van der Waals surface area contributed by atoms with Crippen molar-refractivity contribution in [3.8, 4) is 6.07 Å². The Kier molecular flexibility index (Phi) is 4.60. The van der Waals surface area contributed by atoms with E-state index in [4.69, 9.17) is 16.9 Å². The number of hydrogen-bond donors (Lipinski definition) is 1. The summed E-state index contributed by atoms with van der Waals surface area (Å²) in [6.45, 7) is 1.99. The smallest absolute Gasteiger partial charge is 0.257 e. The lowest BCUT2D eigenvalue weighted by Crippen LogP contribution is -2.13. The number of aryl methyl sites for hydroxylation is 1. The van der Waals surface area contributed by atoms with Crippen LogP contribution in [0.25, 0.3) is 0 Å². The molecule has 4 rings (SSSR count). The molecule has 0 bridgehead atoms. The second kappa shape index (κ2) is 7.22. The zero-order valence-corrected chi connectivity index (χ0v) is 15.7. The molecule has 7 heteroatoms. The molecule has 1 aliphatic rings. The van der Waals surface area contributed by atoms with Gasteiger partial charge < -0.3 is 5.32 Å². The van der Waals surface area contributed by atoms with Gasteiger partial charge in [0.1, 0.15) is 6.07 Å². The quantitative estimate of drug-likeness (QED) is 0.727. The predicted octanol–water partition coefficient (Wildman–Crippen LogP) is 4.24. The Morgan fingerprint density at radius 1 is 1.21 bits per heavy atom. The molecule has 136 valence electrons. The van der Waals surface area contributed by atoms with Gasteiger partial charge in [0.25, 0.3) is 5.91 Å². The second-order valence-electron chi connectivity index (χ2n) is 6.45. The molecule has 1 aromatic carbocycles. The number of fused-ring (bicyclic) bond motifs is 1. The Labute approximate surface area is 166 Å². The van der Waals surface area contributed by atoms with Gasteiger partial charge in [0.15, 0.2) is 5.82 Å². The fourth-order valence-corrected chi connectivity index (χ4v) is 3.24. The monoisotopic (exact) mass is 387 g/mol. The van der Waals surface area contributed by atoms with Crippen LogP contribution in [0, 0.1) is 18.3 Å². The zero-order chi connectivity index (χ0) is 19.7. The first-order valence-corrected chi connectivity index (χ1v) is 8.91. The minimum absolute atomic E-state index is 0.306.